The molecule has 0 aliphatic carbocycles. The minimum Gasteiger partial charge on any atom is -0.488 e. The molecule has 1 amide bonds. The van der Waals surface area contributed by atoms with Crippen LogP contribution in [0.3, 0.4) is 0 Å². The van der Waals surface area contributed by atoms with Gasteiger partial charge < -0.3 is 14.8 Å². The second-order valence-corrected chi connectivity index (χ2v) is 5.58. The van der Waals surface area contributed by atoms with Crippen molar-refractivity contribution in [3.05, 3.63) is 64.1 Å². The smallest absolute Gasteiger partial charge is 0.342 e. The summed E-state index contributed by atoms with van der Waals surface area (Å²) in [5.74, 6) is -0.557. The highest BCUT2D eigenvalue weighted by Crippen LogP contribution is 2.21. The summed E-state index contributed by atoms with van der Waals surface area (Å²) in [5.41, 5.74) is 1.25. The van der Waals surface area contributed by atoms with Gasteiger partial charge in [0.1, 0.15) is 17.9 Å². The molecule has 5 nitrogen and oxygen atoms in total. The highest BCUT2D eigenvalue weighted by molar-refractivity contribution is 9.10. The van der Waals surface area contributed by atoms with Crippen LogP contribution in [0, 0.1) is 0 Å². The van der Waals surface area contributed by atoms with E-state index in [-0.39, 0.29) is 18.1 Å². The highest BCUT2D eigenvalue weighted by atomic mass is 79.9. The zero-order valence-electron chi connectivity index (χ0n) is 12.5. The fourth-order valence-electron chi connectivity index (χ4n) is 1.83. The van der Waals surface area contributed by atoms with Gasteiger partial charge >= 0.3 is 5.97 Å². The molecule has 0 saturated heterocycles. The van der Waals surface area contributed by atoms with Gasteiger partial charge in [-0.3, -0.25) is 4.79 Å². The summed E-state index contributed by atoms with van der Waals surface area (Å²) in [7, 11) is 1.48. The number of carbonyl (C=O) groups excluding carboxylic acids is 2. The van der Waals surface area contributed by atoms with E-state index in [9.17, 15) is 9.59 Å². The van der Waals surface area contributed by atoms with Crippen LogP contribution in [0.4, 0.5) is 0 Å². The molecule has 2 aromatic rings. The molecule has 1 N–H and O–H groups in total. The van der Waals surface area contributed by atoms with Crippen molar-refractivity contribution in [2.45, 2.75) is 6.61 Å². The SMILES string of the molecule is CNC(=O)COC(=O)c1ccccc1OCc1cccc(Br)c1. The number of hydrogen-bond donors (Lipinski definition) is 1. The van der Waals surface area contributed by atoms with Crippen LogP contribution >= 0.6 is 15.9 Å². The Balaban J connectivity index is 2.05. The first kappa shape index (κ1) is 17.0. The monoisotopic (exact) mass is 377 g/mol. The van der Waals surface area contributed by atoms with Crippen LogP contribution in [0.25, 0.3) is 0 Å². The van der Waals surface area contributed by atoms with Crippen LogP contribution in [0.2, 0.25) is 0 Å². The Morgan fingerprint density at radius 3 is 2.65 bits per heavy atom. The zero-order valence-corrected chi connectivity index (χ0v) is 14.1. The van der Waals surface area contributed by atoms with Crippen LogP contribution in [0.1, 0.15) is 15.9 Å². The van der Waals surface area contributed by atoms with Crippen LogP contribution in [-0.2, 0) is 16.1 Å². The molecule has 0 radical (unpaired) electrons. The fourth-order valence-corrected chi connectivity index (χ4v) is 2.28. The summed E-state index contributed by atoms with van der Waals surface area (Å²) in [6.07, 6.45) is 0. The molecule has 2 aromatic carbocycles. The molecule has 0 aliphatic heterocycles. The van der Waals surface area contributed by atoms with Gasteiger partial charge in [0.2, 0.25) is 0 Å². The fraction of sp³-hybridized carbons (Fsp3) is 0.176. The normalized spacial score (nSPS) is 10.0. The van der Waals surface area contributed by atoms with Crippen molar-refractivity contribution in [1.29, 1.82) is 0 Å². The first-order chi connectivity index (χ1) is 11.1. The van der Waals surface area contributed by atoms with Gasteiger partial charge in [0.15, 0.2) is 6.61 Å². The number of amides is 1. The second-order valence-electron chi connectivity index (χ2n) is 4.66. The van der Waals surface area contributed by atoms with Gasteiger partial charge in [0, 0.05) is 11.5 Å². The molecule has 0 bridgehead atoms. The predicted molar refractivity (Wildman–Crippen MR) is 89.3 cm³/mol. The van der Waals surface area contributed by atoms with Gasteiger partial charge in [0.25, 0.3) is 5.91 Å². The van der Waals surface area contributed by atoms with Crippen molar-refractivity contribution < 1.29 is 19.1 Å². The molecule has 0 unspecified atom stereocenters. The lowest BCUT2D eigenvalue weighted by Crippen LogP contribution is -2.25. The van der Waals surface area contributed by atoms with E-state index < -0.39 is 5.97 Å². The van der Waals surface area contributed by atoms with Crippen molar-refractivity contribution in [3.63, 3.8) is 0 Å². The number of rotatable bonds is 6. The van der Waals surface area contributed by atoms with E-state index in [1.165, 1.54) is 7.05 Å². The van der Waals surface area contributed by atoms with Crippen molar-refractivity contribution in [2.75, 3.05) is 13.7 Å². The largest absolute Gasteiger partial charge is 0.488 e. The number of carbonyl (C=O) groups is 2. The first-order valence-corrected chi connectivity index (χ1v) is 7.73. The predicted octanol–water partition coefficient (Wildman–Crippen LogP) is 2.93. The number of nitrogens with one attached hydrogen (secondary N) is 1. The average Bonchev–Trinajstić information content (AvgIpc) is 2.58. The minimum absolute atomic E-state index is 0.284. The maximum absolute atomic E-state index is 12.1. The molecule has 0 spiro atoms. The van der Waals surface area contributed by atoms with E-state index in [0.29, 0.717) is 12.4 Å². The Morgan fingerprint density at radius 1 is 1.13 bits per heavy atom. The Bertz CT molecular complexity index is 702. The standard InChI is InChI=1S/C17H16BrNO4/c1-19-16(20)11-23-17(21)14-7-2-3-8-15(14)22-10-12-5-4-6-13(18)9-12/h2-9H,10-11H2,1H3,(H,19,20). The molecule has 120 valence electrons. The van der Waals surface area contributed by atoms with Gasteiger partial charge in [0.05, 0.1) is 0 Å². The number of likely N-dealkylation sites (N-methyl/N-ethyl adjacent to an activating group) is 1. The third-order valence-electron chi connectivity index (χ3n) is 3.00. The minimum atomic E-state index is -0.599. The Hall–Kier alpha value is -2.34. The summed E-state index contributed by atoms with van der Waals surface area (Å²) in [4.78, 5) is 23.2. The Labute approximate surface area is 142 Å². The molecule has 6 heteroatoms. The van der Waals surface area contributed by atoms with E-state index in [2.05, 4.69) is 21.2 Å². The maximum Gasteiger partial charge on any atom is 0.342 e. The van der Waals surface area contributed by atoms with Gasteiger partial charge in [-0.1, -0.05) is 40.2 Å². The van der Waals surface area contributed by atoms with Gasteiger partial charge in [-0.25, -0.2) is 4.79 Å². The molecular formula is C17H16BrNO4. The average molecular weight is 378 g/mol. The lowest BCUT2D eigenvalue weighted by Gasteiger charge is -2.11. The summed E-state index contributed by atoms with van der Waals surface area (Å²) in [5, 5.41) is 2.39. The van der Waals surface area contributed by atoms with E-state index in [1.807, 2.05) is 24.3 Å². The second kappa shape index (κ2) is 8.33. The van der Waals surface area contributed by atoms with Crippen molar-refractivity contribution in [1.82, 2.24) is 5.32 Å². The van der Waals surface area contributed by atoms with E-state index in [1.54, 1.807) is 24.3 Å². The number of benzene rings is 2. The van der Waals surface area contributed by atoms with Crippen LogP contribution in [0.15, 0.2) is 53.0 Å². The summed E-state index contributed by atoms with van der Waals surface area (Å²) in [6.45, 7) is -0.00548. The quantitative estimate of drug-likeness (QED) is 0.786. The molecule has 2 rings (SSSR count). The third kappa shape index (κ3) is 5.10. The molecular weight excluding hydrogens is 362 g/mol. The molecule has 0 heterocycles. The molecule has 23 heavy (non-hydrogen) atoms. The summed E-state index contributed by atoms with van der Waals surface area (Å²) >= 11 is 3.40. The number of ether oxygens (including phenoxy) is 2. The first-order valence-electron chi connectivity index (χ1n) is 6.94. The Morgan fingerprint density at radius 2 is 1.91 bits per heavy atom. The maximum atomic E-state index is 12.1. The Kier molecular flexibility index (Phi) is 6.17. The van der Waals surface area contributed by atoms with Crippen molar-refractivity contribution in [2.24, 2.45) is 0 Å². The van der Waals surface area contributed by atoms with Crippen LogP contribution in [-0.4, -0.2) is 25.5 Å². The molecule has 0 fully saturated rings. The number of esters is 1. The summed E-state index contributed by atoms with van der Waals surface area (Å²) < 4.78 is 11.6. The van der Waals surface area contributed by atoms with Gasteiger partial charge in [-0.05, 0) is 29.8 Å². The summed E-state index contributed by atoms with van der Waals surface area (Å²) in [6, 6.07) is 14.5. The van der Waals surface area contributed by atoms with E-state index in [4.69, 9.17) is 9.47 Å². The lowest BCUT2D eigenvalue weighted by atomic mass is 10.2. The topological polar surface area (TPSA) is 64.6 Å². The van der Waals surface area contributed by atoms with E-state index >= 15 is 0 Å². The molecule has 0 atom stereocenters. The number of halogens is 1. The van der Waals surface area contributed by atoms with E-state index in [0.717, 1.165) is 10.0 Å². The molecule has 0 aromatic heterocycles. The molecule has 0 aliphatic rings. The van der Waals surface area contributed by atoms with Gasteiger partial charge in [-0.15, -0.1) is 0 Å². The van der Waals surface area contributed by atoms with Crippen LogP contribution in [0.5, 0.6) is 5.75 Å². The number of para-hydroxylation sites is 1. The lowest BCUT2D eigenvalue weighted by molar-refractivity contribution is -0.123. The molecule has 0 saturated carbocycles. The van der Waals surface area contributed by atoms with Gasteiger partial charge in [-0.2, -0.15) is 0 Å². The van der Waals surface area contributed by atoms with Crippen molar-refractivity contribution in [3.8, 4) is 5.75 Å². The highest BCUT2D eigenvalue weighted by Gasteiger charge is 2.15. The van der Waals surface area contributed by atoms with Crippen LogP contribution < -0.4 is 10.1 Å². The zero-order chi connectivity index (χ0) is 16.7. The number of hydrogen-bond acceptors (Lipinski definition) is 4. The third-order valence-corrected chi connectivity index (χ3v) is 3.50. The van der Waals surface area contributed by atoms with Crippen molar-refractivity contribution >= 4 is 27.8 Å².